The van der Waals surface area contributed by atoms with E-state index in [-0.39, 0.29) is 18.1 Å². The third-order valence-corrected chi connectivity index (χ3v) is 2.66. The second kappa shape index (κ2) is 6.95. The Bertz CT molecular complexity index is 451. The first-order chi connectivity index (χ1) is 8.54. The number of nitro groups is 1. The lowest BCUT2D eigenvalue weighted by atomic mass is 10.2. The maximum atomic E-state index is 11.4. The van der Waals surface area contributed by atoms with Crippen molar-refractivity contribution in [2.24, 2.45) is 0 Å². The minimum Gasteiger partial charge on any atom is -0.371 e. The van der Waals surface area contributed by atoms with Crippen LogP contribution in [0.4, 0.5) is 11.4 Å². The van der Waals surface area contributed by atoms with Crippen molar-refractivity contribution >= 4 is 33.2 Å². The van der Waals surface area contributed by atoms with E-state index in [1.807, 2.05) is 6.92 Å². The Morgan fingerprint density at radius 2 is 2.22 bits per heavy atom. The number of amides is 1. The average Bonchev–Trinajstić information content (AvgIpc) is 2.33. The molecule has 0 fully saturated rings. The number of carbonyl (C=O) groups excluding carboxylic acids is 1. The molecule has 0 saturated heterocycles. The predicted octanol–water partition coefficient (Wildman–Crippen LogP) is 2.30. The quantitative estimate of drug-likeness (QED) is 0.623. The molecule has 0 aliphatic carbocycles. The molecule has 6 nitrogen and oxygen atoms in total. The largest absolute Gasteiger partial charge is 0.371 e. The highest BCUT2D eigenvalue weighted by molar-refractivity contribution is 9.10. The number of halogens is 1. The molecule has 1 aromatic carbocycles. The van der Waals surface area contributed by atoms with E-state index in [4.69, 9.17) is 0 Å². The molecule has 98 valence electrons. The van der Waals surface area contributed by atoms with Crippen LogP contribution in [0.1, 0.15) is 13.3 Å². The van der Waals surface area contributed by atoms with Gasteiger partial charge in [0.2, 0.25) is 5.91 Å². The van der Waals surface area contributed by atoms with E-state index in [0.717, 1.165) is 6.42 Å². The zero-order chi connectivity index (χ0) is 13.5. The molecule has 1 rings (SSSR count). The third kappa shape index (κ3) is 4.33. The maximum absolute atomic E-state index is 11.4. The predicted molar refractivity (Wildman–Crippen MR) is 72.6 cm³/mol. The van der Waals surface area contributed by atoms with Crippen LogP contribution in [-0.2, 0) is 4.79 Å². The molecule has 0 unspecified atom stereocenters. The van der Waals surface area contributed by atoms with Crippen LogP contribution in [-0.4, -0.2) is 23.9 Å². The molecule has 0 aliphatic rings. The summed E-state index contributed by atoms with van der Waals surface area (Å²) in [5.41, 5.74) is 0.266. The molecule has 1 amide bonds. The molecule has 0 radical (unpaired) electrons. The van der Waals surface area contributed by atoms with Crippen molar-refractivity contribution < 1.29 is 9.72 Å². The molecule has 0 aliphatic heterocycles. The molecule has 2 N–H and O–H groups in total. The van der Waals surface area contributed by atoms with E-state index in [1.165, 1.54) is 6.07 Å². The first-order valence-electron chi connectivity index (χ1n) is 5.49. The van der Waals surface area contributed by atoms with Gasteiger partial charge < -0.3 is 10.6 Å². The van der Waals surface area contributed by atoms with Gasteiger partial charge in [-0.05, 0) is 18.6 Å². The Morgan fingerprint density at radius 1 is 1.50 bits per heavy atom. The minimum atomic E-state index is -0.487. The number of hydrogen-bond donors (Lipinski definition) is 2. The van der Waals surface area contributed by atoms with E-state index < -0.39 is 4.92 Å². The molecule has 1 aromatic rings. The number of benzene rings is 1. The van der Waals surface area contributed by atoms with Gasteiger partial charge in [0.1, 0.15) is 5.69 Å². The van der Waals surface area contributed by atoms with Crippen molar-refractivity contribution in [2.45, 2.75) is 13.3 Å². The van der Waals surface area contributed by atoms with E-state index in [9.17, 15) is 14.9 Å². The van der Waals surface area contributed by atoms with Crippen molar-refractivity contribution in [1.82, 2.24) is 5.32 Å². The average molecular weight is 316 g/mol. The second-order valence-electron chi connectivity index (χ2n) is 3.62. The summed E-state index contributed by atoms with van der Waals surface area (Å²) in [6.07, 6.45) is 0.850. The summed E-state index contributed by atoms with van der Waals surface area (Å²) in [4.78, 5) is 21.7. The molecule has 0 bridgehead atoms. The number of nitro benzene ring substituents is 1. The highest BCUT2D eigenvalue weighted by Gasteiger charge is 2.14. The van der Waals surface area contributed by atoms with Gasteiger partial charge >= 0.3 is 0 Å². The van der Waals surface area contributed by atoms with Crippen molar-refractivity contribution in [3.05, 3.63) is 32.8 Å². The summed E-state index contributed by atoms with van der Waals surface area (Å²) in [6.45, 7) is 2.56. The summed E-state index contributed by atoms with van der Waals surface area (Å²) in [5, 5.41) is 16.2. The first-order valence-corrected chi connectivity index (χ1v) is 6.28. The summed E-state index contributed by atoms with van der Waals surface area (Å²) < 4.78 is 0.713. The van der Waals surface area contributed by atoms with Crippen LogP contribution in [0.5, 0.6) is 0 Å². The molecule has 0 saturated carbocycles. The number of nitrogens with zero attached hydrogens (tertiary/aromatic N) is 1. The highest BCUT2D eigenvalue weighted by atomic mass is 79.9. The van der Waals surface area contributed by atoms with Gasteiger partial charge in [0, 0.05) is 17.1 Å². The number of nitrogens with one attached hydrogen (secondary N) is 2. The standard InChI is InChI=1S/C11H14BrN3O3/c1-2-5-13-11(16)7-14-9-6-8(12)3-4-10(9)15(17)18/h3-4,6,14H,2,5,7H2,1H3,(H,13,16). The fourth-order valence-corrected chi connectivity index (χ4v) is 1.67. The van der Waals surface area contributed by atoms with Crippen LogP contribution >= 0.6 is 15.9 Å². The number of rotatable bonds is 6. The third-order valence-electron chi connectivity index (χ3n) is 2.17. The maximum Gasteiger partial charge on any atom is 0.292 e. The van der Waals surface area contributed by atoms with Crippen LogP contribution in [0.15, 0.2) is 22.7 Å². The minimum absolute atomic E-state index is 0.0112. The van der Waals surface area contributed by atoms with Crippen LogP contribution < -0.4 is 10.6 Å². The van der Waals surface area contributed by atoms with Gasteiger partial charge in [-0.2, -0.15) is 0 Å². The van der Waals surface area contributed by atoms with Gasteiger partial charge in [-0.3, -0.25) is 14.9 Å². The van der Waals surface area contributed by atoms with Crippen LogP contribution in [0.25, 0.3) is 0 Å². The Balaban J connectivity index is 2.68. The lowest BCUT2D eigenvalue weighted by Gasteiger charge is -2.07. The Hall–Kier alpha value is -1.63. The van der Waals surface area contributed by atoms with Crippen LogP contribution in [0.2, 0.25) is 0 Å². The Labute approximate surface area is 113 Å². The molecule has 0 atom stereocenters. The number of carbonyl (C=O) groups is 1. The summed E-state index contributed by atoms with van der Waals surface area (Å²) in [5.74, 6) is -0.189. The molecular weight excluding hydrogens is 302 g/mol. The normalized spacial score (nSPS) is 9.89. The highest BCUT2D eigenvalue weighted by Crippen LogP contribution is 2.27. The second-order valence-corrected chi connectivity index (χ2v) is 4.54. The lowest BCUT2D eigenvalue weighted by Crippen LogP contribution is -2.30. The van der Waals surface area contributed by atoms with Gasteiger partial charge in [-0.15, -0.1) is 0 Å². The molecule has 0 aromatic heterocycles. The fourth-order valence-electron chi connectivity index (χ4n) is 1.31. The lowest BCUT2D eigenvalue weighted by molar-refractivity contribution is -0.384. The van der Waals surface area contributed by atoms with Gasteiger partial charge in [-0.1, -0.05) is 22.9 Å². The summed E-state index contributed by atoms with van der Waals surface area (Å²) in [7, 11) is 0. The first kappa shape index (κ1) is 14.4. The SMILES string of the molecule is CCCNC(=O)CNc1cc(Br)ccc1[N+](=O)[O-]. The molecule has 0 heterocycles. The molecular formula is C11H14BrN3O3. The Kier molecular flexibility index (Phi) is 5.57. The van der Waals surface area contributed by atoms with Crippen molar-refractivity contribution in [3.63, 3.8) is 0 Å². The van der Waals surface area contributed by atoms with E-state index in [0.29, 0.717) is 16.7 Å². The van der Waals surface area contributed by atoms with Gasteiger partial charge in [-0.25, -0.2) is 0 Å². The van der Waals surface area contributed by atoms with E-state index in [2.05, 4.69) is 26.6 Å². The molecule has 7 heteroatoms. The fraction of sp³-hybridized carbons (Fsp3) is 0.364. The zero-order valence-corrected chi connectivity index (χ0v) is 11.5. The number of hydrogen-bond acceptors (Lipinski definition) is 4. The molecule has 18 heavy (non-hydrogen) atoms. The van der Waals surface area contributed by atoms with Crippen molar-refractivity contribution in [1.29, 1.82) is 0 Å². The van der Waals surface area contributed by atoms with Gasteiger partial charge in [0.25, 0.3) is 5.69 Å². The van der Waals surface area contributed by atoms with Crippen LogP contribution in [0.3, 0.4) is 0 Å². The zero-order valence-electron chi connectivity index (χ0n) is 9.90. The number of anilines is 1. The monoisotopic (exact) mass is 315 g/mol. The Morgan fingerprint density at radius 3 is 2.83 bits per heavy atom. The van der Waals surface area contributed by atoms with Gasteiger partial charge in [0.05, 0.1) is 11.5 Å². The molecule has 0 spiro atoms. The van der Waals surface area contributed by atoms with Crippen molar-refractivity contribution in [2.75, 3.05) is 18.4 Å². The van der Waals surface area contributed by atoms with Crippen molar-refractivity contribution in [3.8, 4) is 0 Å². The topological polar surface area (TPSA) is 84.3 Å². The van der Waals surface area contributed by atoms with E-state index >= 15 is 0 Å². The van der Waals surface area contributed by atoms with Crippen LogP contribution in [0, 0.1) is 10.1 Å². The smallest absolute Gasteiger partial charge is 0.292 e. The van der Waals surface area contributed by atoms with Gasteiger partial charge in [0.15, 0.2) is 0 Å². The van der Waals surface area contributed by atoms with E-state index in [1.54, 1.807) is 12.1 Å². The summed E-state index contributed by atoms with van der Waals surface area (Å²) in [6, 6.07) is 4.54. The summed E-state index contributed by atoms with van der Waals surface area (Å²) >= 11 is 3.23.